The van der Waals surface area contributed by atoms with Gasteiger partial charge in [-0.2, -0.15) is 0 Å². The van der Waals surface area contributed by atoms with Crippen LogP contribution in [0.4, 0.5) is 16.2 Å². The van der Waals surface area contributed by atoms with Crippen molar-refractivity contribution in [1.29, 1.82) is 0 Å². The van der Waals surface area contributed by atoms with Gasteiger partial charge in [0.1, 0.15) is 11.4 Å². The third-order valence-corrected chi connectivity index (χ3v) is 2.36. The molecule has 0 saturated carbocycles. The van der Waals surface area contributed by atoms with Crippen LogP contribution in [0.25, 0.3) is 0 Å². The first-order valence-corrected chi connectivity index (χ1v) is 6.16. The molecule has 0 unspecified atom stereocenters. The Hall–Kier alpha value is -2.35. The summed E-state index contributed by atoms with van der Waals surface area (Å²) in [5.41, 5.74) is 6.15. The van der Waals surface area contributed by atoms with Crippen LogP contribution in [-0.2, 0) is 4.74 Å². The minimum absolute atomic E-state index is 0.0786. The molecule has 20 heavy (non-hydrogen) atoms. The van der Waals surface area contributed by atoms with Crippen LogP contribution in [0.1, 0.15) is 20.8 Å². The maximum atomic E-state index is 12.2. The van der Waals surface area contributed by atoms with Crippen LogP contribution in [0, 0.1) is 12.3 Å². The fourth-order valence-electron chi connectivity index (χ4n) is 1.57. The number of methoxy groups -OCH3 is 1. The Balaban J connectivity index is 3.14. The molecule has 0 spiro atoms. The highest BCUT2D eigenvalue weighted by Crippen LogP contribution is 2.31. The molecule has 0 aliphatic carbocycles. The van der Waals surface area contributed by atoms with Gasteiger partial charge >= 0.3 is 6.09 Å². The lowest BCUT2D eigenvalue weighted by Crippen LogP contribution is -2.37. The van der Waals surface area contributed by atoms with Gasteiger partial charge in [-0.3, -0.25) is 4.90 Å². The van der Waals surface area contributed by atoms with Crippen molar-refractivity contribution in [3.05, 3.63) is 18.2 Å². The Morgan fingerprint density at radius 1 is 1.45 bits per heavy atom. The van der Waals surface area contributed by atoms with Crippen LogP contribution in [0.15, 0.2) is 18.2 Å². The molecule has 2 N–H and O–H groups in total. The number of carbonyl (C=O) groups excluding carboxylic acids is 1. The van der Waals surface area contributed by atoms with Crippen molar-refractivity contribution < 1.29 is 14.3 Å². The number of ether oxygens (including phenoxy) is 2. The van der Waals surface area contributed by atoms with Crippen molar-refractivity contribution in [1.82, 2.24) is 0 Å². The van der Waals surface area contributed by atoms with Gasteiger partial charge in [0.25, 0.3) is 0 Å². The second kappa shape index (κ2) is 6.20. The van der Waals surface area contributed by atoms with E-state index >= 15 is 0 Å². The van der Waals surface area contributed by atoms with Gasteiger partial charge in [0.05, 0.1) is 19.3 Å². The molecule has 0 atom stereocenters. The minimum Gasteiger partial charge on any atom is -0.494 e. The molecule has 1 rings (SSSR count). The number of benzene rings is 1. The summed E-state index contributed by atoms with van der Waals surface area (Å²) >= 11 is 0. The Bertz CT molecular complexity index is 527. The standard InChI is InChI=1S/C15H20N2O3/c1-6-9-17(14(18)20-15(2,3)4)12-8-7-11(16)10-13(12)19-5/h1,7-8,10H,9,16H2,2-5H3. The molecule has 0 aliphatic rings. The molecule has 1 aromatic carbocycles. The third-order valence-electron chi connectivity index (χ3n) is 2.36. The number of hydrogen-bond acceptors (Lipinski definition) is 4. The molecular formula is C15H20N2O3. The van der Waals surface area contributed by atoms with Gasteiger partial charge in [0.15, 0.2) is 0 Å². The summed E-state index contributed by atoms with van der Waals surface area (Å²) < 4.78 is 10.6. The van der Waals surface area contributed by atoms with Crippen molar-refractivity contribution in [2.24, 2.45) is 0 Å². The zero-order chi connectivity index (χ0) is 15.3. The number of nitrogen functional groups attached to an aromatic ring is 1. The number of carbonyl (C=O) groups is 1. The van der Waals surface area contributed by atoms with Gasteiger partial charge in [-0.05, 0) is 32.9 Å². The van der Waals surface area contributed by atoms with Crippen LogP contribution in [0.5, 0.6) is 5.75 Å². The first-order chi connectivity index (χ1) is 9.28. The van der Waals surface area contributed by atoms with E-state index in [9.17, 15) is 4.79 Å². The summed E-state index contributed by atoms with van der Waals surface area (Å²) in [6.45, 7) is 5.45. The smallest absolute Gasteiger partial charge is 0.415 e. The summed E-state index contributed by atoms with van der Waals surface area (Å²) in [7, 11) is 1.50. The third kappa shape index (κ3) is 4.09. The van der Waals surface area contributed by atoms with Gasteiger partial charge in [-0.15, -0.1) is 6.42 Å². The molecule has 5 heteroatoms. The molecule has 0 aromatic heterocycles. The van der Waals surface area contributed by atoms with Crippen LogP contribution >= 0.6 is 0 Å². The van der Waals surface area contributed by atoms with E-state index in [2.05, 4.69) is 5.92 Å². The Morgan fingerprint density at radius 3 is 2.60 bits per heavy atom. The van der Waals surface area contributed by atoms with E-state index in [0.717, 1.165) is 0 Å². The average molecular weight is 276 g/mol. The molecule has 0 radical (unpaired) electrons. The van der Waals surface area contributed by atoms with Crippen molar-refractivity contribution in [3.63, 3.8) is 0 Å². The van der Waals surface area contributed by atoms with Crippen molar-refractivity contribution in [2.45, 2.75) is 26.4 Å². The quantitative estimate of drug-likeness (QED) is 0.681. The van der Waals surface area contributed by atoms with Crippen LogP contribution in [0.2, 0.25) is 0 Å². The molecule has 0 fully saturated rings. The number of hydrogen-bond donors (Lipinski definition) is 1. The molecule has 0 heterocycles. The van der Waals surface area contributed by atoms with E-state index in [1.54, 1.807) is 39.0 Å². The lowest BCUT2D eigenvalue weighted by Gasteiger charge is -2.27. The summed E-state index contributed by atoms with van der Waals surface area (Å²) in [6.07, 6.45) is 4.80. The normalized spacial score (nSPS) is 10.6. The molecule has 0 bridgehead atoms. The van der Waals surface area contributed by atoms with E-state index in [4.69, 9.17) is 21.6 Å². The molecule has 5 nitrogen and oxygen atoms in total. The predicted octanol–water partition coefficient (Wildman–Crippen LogP) is 2.65. The zero-order valence-corrected chi connectivity index (χ0v) is 12.3. The van der Waals surface area contributed by atoms with Crippen molar-refractivity contribution in [3.8, 4) is 18.1 Å². The highest BCUT2D eigenvalue weighted by Gasteiger charge is 2.25. The Kier molecular flexibility index (Phi) is 4.87. The average Bonchev–Trinajstić information content (AvgIpc) is 2.34. The number of nitrogens with zero attached hydrogens (tertiary/aromatic N) is 1. The maximum Gasteiger partial charge on any atom is 0.415 e. The van der Waals surface area contributed by atoms with Crippen LogP contribution in [-0.4, -0.2) is 25.3 Å². The van der Waals surface area contributed by atoms with E-state index in [0.29, 0.717) is 17.1 Å². The predicted molar refractivity (Wildman–Crippen MR) is 79.8 cm³/mol. The molecule has 0 aliphatic heterocycles. The fraction of sp³-hybridized carbons (Fsp3) is 0.400. The molecule has 0 saturated heterocycles. The van der Waals surface area contributed by atoms with E-state index in [-0.39, 0.29) is 6.54 Å². The van der Waals surface area contributed by atoms with Gasteiger partial charge in [-0.1, -0.05) is 5.92 Å². The second-order valence-corrected chi connectivity index (χ2v) is 5.20. The summed E-state index contributed by atoms with van der Waals surface area (Å²) in [5, 5.41) is 0. The van der Waals surface area contributed by atoms with Crippen molar-refractivity contribution >= 4 is 17.5 Å². The largest absolute Gasteiger partial charge is 0.494 e. The summed E-state index contributed by atoms with van der Waals surface area (Å²) in [5.74, 6) is 2.90. The SMILES string of the molecule is C#CCN(C(=O)OC(C)(C)C)c1ccc(N)cc1OC. The first kappa shape index (κ1) is 15.7. The van der Waals surface area contributed by atoms with Gasteiger partial charge < -0.3 is 15.2 Å². The zero-order valence-electron chi connectivity index (χ0n) is 12.3. The number of nitrogens with two attached hydrogens (primary N) is 1. The summed E-state index contributed by atoms with van der Waals surface area (Å²) in [4.78, 5) is 13.6. The van der Waals surface area contributed by atoms with E-state index in [1.165, 1.54) is 12.0 Å². The topological polar surface area (TPSA) is 64.8 Å². The Labute approximate surface area is 119 Å². The maximum absolute atomic E-state index is 12.2. The molecule has 1 aromatic rings. The van der Waals surface area contributed by atoms with Gasteiger partial charge in [-0.25, -0.2) is 4.79 Å². The van der Waals surface area contributed by atoms with E-state index in [1.807, 2.05) is 0 Å². The van der Waals surface area contributed by atoms with E-state index < -0.39 is 11.7 Å². The lowest BCUT2D eigenvalue weighted by molar-refractivity contribution is 0.0584. The van der Waals surface area contributed by atoms with Crippen molar-refractivity contribution in [2.75, 3.05) is 24.3 Å². The number of amides is 1. The highest BCUT2D eigenvalue weighted by atomic mass is 16.6. The molecule has 1 amide bonds. The van der Waals surface area contributed by atoms with Crippen LogP contribution in [0.3, 0.4) is 0 Å². The molecular weight excluding hydrogens is 256 g/mol. The minimum atomic E-state index is -0.606. The van der Waals surface area contributed by atoms with Gasteiger partial charge in [0, 0.05) is 11.8 Å². The fourth-order valence-corrected chi connectivity index (χ4v) is 1.57. The Morgan fingerprint density at radius 2 is 2.10 bits per heavy atom. The number of anilines is 2. The van der Waals surface area contributed by atoms with Gasteiger partial charge in [0.2, 0.25) is 0 Å². The first-order valence-electron chi connectivity index (χ1n) is 6.16. The lowest BCUT2D eigenvalue weighted by atomic mass is 10.2. The second-order valence-electron chi connectivity index (χ2n) is 5.20. The monoisotopic (exact) mass is 276 g/mol. The molecule has 108 valence electrons. The van der Waals surface area contributed by atoms with Crippen LogP contribution < -0.4 is 15.4 Å². The highest BCUT2D eigenvalue weighted by molar-refractivity contribution is 5.90. The summed E-state index contributed by atoms with van der Waals surface area (Å²) in [6, 6.07) is 4.98. The number of rotatable bonds is 3. The number of terminal acetylenes is 1.